The molecule has 106 valence electrons. The molecule has 19 heavy (non-hydrogen) atoms. The molecular weight excluding hydrogens is 250 g/mol. The Labute approximate surface area is 112 Å². The van der Waals surface area contributed by atoms with E-state index in [1.54, 1.807) is 0 Å². The smallest absolute Gasteiger partial charge is 0.343 e. The number of rotatable bonds is 7. The number of methoxy groups -OCH3 is 3. The van der Waals surface area contributed by atoms with E-state index >= 15 is 0 Å². The quantitative estimate of drug-likeness (QED) is 0.736. The van der Waals surface area contributed by atoms with Crippen LogP contribution in [0.1, 0.15) is 5.56 Å². The Morgan fingerprint density at radius 3 is 2.16 bits per heavy atom. The Hall–Kier alpha value is -1.95. The van der Waals surface area contributed by atoms with Crippen LogP contribution in [0.4, 0.5) is 0 Å². The second-order valence-electron chi connectivity index (χ2n) is 3.73. The fourth-order valence-electron chi connectivity index (χ4n) is 1.58. The predicted octanol–water partition coefficient (Wildman–Crippen LogP) is 0.757. The zero-order chi connectivity index (χ0) is 14.3. The van der Waals surface area contributed by atoms with Crippen LogP contribution in [0.25, 0.3) is 0 Å². The summed E-state index contributed by atoms with van der Waals surface area (Å²) in [6, 6.07) is 3.62. The number of benzene rings is 1. The summed E-state index contributed by atoms with van der Waals surface area (Å²) in [5, 5.41) is 0. The molecule has 1 aromatic rings. The molecule has 0 aliphatic heterocycles. The van der Waals surface area contributed by atoms with Gasteiger partial charge in [-0.2, -0.15) is 0 Å². The van der Waals surface area contributed by atoms with Gasteiger partial charge in [0.1, 0.15) is 0 Å². The second kappa shape index (κ2) is 7.48. The average molecular weight is 269 g/mol. The Bertz CT molecular complexity index is 408. The first kappa shape index (κ1) is 15.1. The van der Waals surface area contributed by atoms with Crippen molar-refractivity contribution in [2.75, 3.05) is 34.5 Å². The van der Waals surface area contributed by atoms with Crippen LogP contribution >= 0.6 is 0 Å². The molecule has 0 aliphatic rings. The van der Waals surface area contributed by atoms with Crippen molar-refractivity contribution < 1.29 is 23.7 Å². The van der Waals surface area contributed by atoms with Gasteiger partial charge in [-0.25, -0.2) is 4.79 Å². The van der Waals surface area contributed by atoms with Crippen LogP contribution in [0.15, 0.2) is 12.1 Å². The second-order valence-corrected chi connectivity index (χ2v) is 3.73. The van der Waals surface area contributed by atoms with E-state index in [1.807, 2.05) is 12.1 Å². The van der Waals surface area contributed by atoms with Gasteiger partial charge in [-0.1, -0.05) is 0 Å². The summed E-state index contributed by atoms with van der Waals surface area (Å²) in [6.45, 7) is 0.314. The van der Waals surface area contributed by atoms with Gasteiger partial charge in [0.2, 0.25) is 5.75 Å². The van der Waals surface area contributed by atoms with Crippen molar-refractivity contribution in [3.8, 4) is 17.2 Å². The van der Waals surface area contributed by atoms with E-state index in [-0.39, 0.29) is 6.61 Å². The minimum Gasteiger partial charge on any atom is -0.493 e. The van der Waals surface area contributed by atoms with E-state index in [4.69, 9.17) is 19.9 Å². The maximum Gasteiger partial charge on any atom is 0.343 e. The lowest BCUT2D eigenvalue weighted by atomic mass is 10.1. The molecule has 0 saturated carbocycles. The van der Waals surface area contributed by atoms with E-state index in [9.17, 15) is 4.79 Å². The maximum absolute atomic E-state index is 11.1. The minimum absolute atomic E-state index is 0.209. The fraction of sp³-hybridized carbons (Fsp3) is 0.462. The molecule has 6 nitrogen and oxygen atoms in total. The van der Waals surface area contributed by atoms with Gasteiger partial charge in [-0.3, -0.25) is 0 Å². The Morgan fingerprint density at radius 1 is 1.16 bits per heavy atom. The third kappa shape index (κ3) is 4.03. The molecule has 1 rings (SSSR count). The lowest BCUT2D eigenvalue weighted by Crippen LogP contribution is -2.13. The summed E-state index contributed by atoms with van der Waals surface area (Å²) in [5.41, 5.74) is 6.50. The molecule has 0 spiro atoms. The van der Waals surface area contributed by atoms with Crippen LogP contribution in [0, 0.1) is 0 Å². The largest absolute Gasteiger partial charge is 0.493 e. The van der Waals surface area contributed by atoms with Crippen molar-refractivity contribution in [3.05, 3.63) is 17.7 Å². The zero-order valence-electron chi connectivity index (χ0n) is 11.4. The Kier molecular flexibility index (Phi) is 5.95. The summed E-state index contributed by atoms with van der Waals surface area (Å²) in [7, 11) is 4.34. The molecule has 0 radical (unpaired) electrons. The number of nitrogens with two attached hydrogens (primary N) is 1. The van der Waals surface area contributed by atoms with Crippen LogP contribution in [0.3, 0.4) is 0 Å². The lowest BCUT2D eigenvalue weighted by molar-refractivity contribution is -0.142. The molecule has 0 fully saturated rings. The molecule has 0 unspecified atom stereocenters. The summed E-state index contributed by atoms with van der Waals surface area (Å²) < 4.78 is 20.4. The predicted molar refractivity (Wildman–Crippen MR) is 69.8 cm³/mol. The standard InChI is InChI=1S/C13H19NO5/c1-16-10-6-9(4-5-14)7-11(17-2)13(10)19-8-12(15)18-3/h6-7H,4-5,8,14H2,1-3H3. The van der Waals surface area contributed by atoms with Gasteiger partial charge < -0.3 is 24.7 Å². The van der Waals surface area contributed by atoms with E-state index in [0.29, 0.717) is 30.2 Å². The van der Waals surface area contributed by atoms with Crippen molar-refractivity contribution in [3.63, 3.8) is 0 Å². The van der Waals surface area contributed by atoms with Gasteiger partial charge in [-0.05, 0) is 30.7 Å². The zero-order valence-corrected chi connectivity index (χ0v) is 11.4. The van der Waals surface area contributed by atoms with E-state index in [1.165, 1.54) is 21.3 Å². The third-order valence-electron chi connectivity index (χ3n) is 2.52. The number of hydrogen-bond donors (Lipinski definition) is 1. The van der Waals surface area contributed by atoms with Crippen LogP contribution in [-0.4, -0.2) is 40.5 Å². The van der Waals surface area contributed by atoms with Crippen molar-refractivity contribution in [2.24, 2.45) is 5.73 Å². The molecule has 0 bridgehead atoms. The maximum atomic E-state index is 11.1. The van der Waals surface area contributed by atoms with Gasteiger partial charge in [0.25, 0.3) is 0 Å². The SMILES string of the molecule is COC(=O)COc1c(OC)cc(CCN)cc1OC. The van der Waals surface area contributed by atoms with Crippen LogP contribution in [0.2, 0.25) is 0 Å². The lowest BCUT2D eigenvalue weighted by Gasteiger charge is -2.15. The molecule has 6 heteroatoms. The number of ether oxygens (including phenoxy) is 4. The summed E-state index contributed by atoms with van der Waals surface area (Å²) in [5.74, 6) is 0.879. The van der Waals surface area contributed by atoms with Crippen molar-refractivity contribution in [1.29, 1.82) is 0 Å². The molecule has 0 amide bonds. The van der Waals surface area contributed by atoms with Crippen molar-refractivity contribution >= 4 is 5.97 Å². The summed E-state index contributed by atoms with van der Waals surface area (Å²) in [6.07, 6.45) is 0.698. The van der Waals surface area contributed by atoms with Crippen LogP contribution in [0.5, 0.6) is 17.2 Å². The molecule has 2 N–H and O–H groups in total. The Balaban J connectivity index is 3.02. The van der Waals surface area contributed by atoms with Crippen molar-refractivity contribution in [1.82, 2.24) is 0 Å². The summed E-state index contributed by atoms with van der Waals surface area (Å²) in [4.78, 5) is 11.1. The van der Waals surface area contributed by atoms with Gasteiger partial charge in [0.15, 0.2) is 18.1 Å². The highest BCUT2D eigenvalue weighted by atomic mass is 16.6. The first-order valence-corrected chi connectivity index (χ1v) is 5.80. The number of hydrogen-bond acceptors (Lipinski definition) is 6. The van der Waals surface area contributed by atoms with Gasteiger partial charge >= 0.3 is 5.97 Å². The van der Waals surface area contributed by atoms with Gasteiger partial charge in [0, 0.05) is 0 Å². The van der Waals surface area contributed by atoms with Crippen molar-refractivity contribution in [2.45, 2.75) is 6.42 Å². The molecule has 1 aromatic carbocycles. The van der Waals surface area contributed by atoms with Gasteiger partial charge in [-0.15, -0.1) is 0 Å². The molecule has 0 aliphatic carbocycles. The molecule has 0 atom stereocenters. The normalized spacial score (nSPS) is 9.89. The highest BCUT2D eigenvalue weighted by Gasteiger charge is 2.15. The van der Waals surface area contributed by atoms with E-state index < -0.39 is 5.97 Å². The average Bonchev–Trinajstić information content (AvgIpc) is 2.44. The van der Waals surface area contributed by atoms with Crippen LogP contribution < -0.4 is 19.9 Å². The number of carbonyl (C=O) groups excluding carboxylic acids is 1. The molecule has 0 saturated heterocycles. The fourth-order valence-corrected chi connectivity index (χ4v) is 1.58. The highest BCUT2D eigenvalue weighted by Crippen LogP contribution is 2.38. The number of carbonyl (C=O) groups is 1. The number of esters is 1. The monoisotopic (exact) mass is 269 g/mol. The highest BCUT2D eigenvalue weighted by molar-refractivity contribution is 5.71. The molecule has 0 heterocycles. The Morgan fingerprint density at radius 2 is 1.74 bits per heavy atom. The van der Waals surface area contributed by atoms with Crippen LogP contribution in [-0.2, 0) is 16.0 Å². The topological polar surface area (TPSA) is 80.0 Å². The third-order valence-corrected chi connectivity index (χ3v) is 2.52. The van der Waals surface area contributed by atoms with E-state index in [0.717, 1.165) is 5.56 Å². The van der Waals surface area contributed by atoms with Gasteiger partial charge in [0.05, 0.1) is 21.3 Å². The molecule has 0 aromatic heterocycles. The molecular formula is C13H19NO5. The first-order valence-electron chi connectivity index (χ1n) is 5.80. The first-order chi connectivity index (χ1) is 9.15. The minimum atomic E-state index is -0.477. The van der Waals surface area contributed by atoms with E-state index in [2.05, 4.69) is 4.74 Å². The summed E-state index contributed by atoms with van der Waals surface area (Å²) >= 11 is 0.